The van der Waals surface area contributed by atoms with Crippen molar-refractivity contribution in [3.05, 3.63) is 64.7 Å². The lowest BCUT2D eigenvalue weighted by molar-refractivity contribution is -0.132. The van der Waals surface area contributed by atoms with Gasteiger partial charge < -0.3 is 14.5 Å². The van der Waals surface area contributed by atoms with Gasteiger partial charge in [-0.2, -0.15) is 0 Å². The van der Waals surface area contributed by atoms with Gasteiger partial charge in [-0.05, 0) is 87.9 Å². The molecular weight excluding hydrogens is 518 g/mol. The van der Waals surface area contributed by atoms with Crippen LogP contribution in [0.1, 0.15) is 76.3 Å². The van der Waals surface area contributed by atoms with Gasteiger partial charge in [-0.15, -0.1) is 0 Å². The molecule has 0 aromatic heterocycles. The van der Waals surface area contributed by atoms with Crippen LogP contribution in [0, 0.1) is 0 Å². The summed E-state index contributed by atoms with van der Waals surface area (Å²) in [7, 11) is 0. The predicted molar refractivity (Wildman–Crippen MR) is 164 cm³/mol. The molecule has 3 aliphatic rings. The number of halogens is 1. The summed E-state index contributed by atoms with van der Waals surface area (Å²) in [4.78, 5) is 21.1. The molecule has 0 spiro atoms. The van der Waals surface area contributed by atoms with E-state index in [9.17, 15) is 4.79 Å². The number of hydrogen-bond donors (Lipinski definition) is 0. The third-order valence-corrected chi connectivity index (χ3v) is 9.63. The zero-order valence-electron chi connectivity index (χ0n) is 24.6. The first kappa shape index (κ1) is 29.4. The number of carbonyl (C=O) groups is 1. The number of ether oxygens (including phenoxy) is 1. The van der Waals surface area contributed by atoms with E-state index in [4.69, 9.17) is 16.3 Å². The van der Waals surface area contributed by atoms with Crippen LogP contribution in [-0.4, -0.2) is 78.6 Å². The van der Waals surface area contributed by atoms with E-state index in [0.717, 1.165) is 74.4 Å². The smallest absolute Gasteiger partial charge is 0.227 e. The zero-order valence-corrected chi connectivity index (χ0v) is 25.4. The van der Waals surface area contributed by atoms with E-state index in [0.29, 0.717) is 6.42 Å². The van der Waals surface area contributed by atoms with Crippen LogP contribution >= 0.6 is 11.6 Å². The average molecular weight is 566 g/mol. The second kappa shape index (κ2) is 13.7. The topological polar surface area (TPSA) is 36.0 Å². The Bertz CT molecular complexity index is 1110. The Morgan fingerprint density at radius 2 is 1.75 bits per heavy atom. The molecule has 0 unspecified atom stereocenters. The van der Waals surface area contributed by atoms with Crippen molar-refractivity contribution in [2.75, 3.05) is 45.8 Å². The van der Waals surface area contributed by atoms with Crippen molar-refractivity contribution in [1.82, 2.24) is 14.7 Å². The van der Waals surface area contributed by atoms with Crippen LogP contribution in [0.25, 0.3) is 0 Å². The molecule has 0 bridgehead atoms. The van der Waals surface area contributed by atoms with Crippen LogP contribution in [0.15, 0.2) is 48.5 Å². The molecule has 218 valence electrons. The van der Waals surface area contributed by atoms with Gasteiger partial charge in [0.1, 0.15) is 5.75 Å². The maximum absolute atomic E-state index is 13.6. The summed E-state index contributed by atoms with van der Waals surface area (Å²) < 4.78 is 5.87. The van der Waals surface area contributed by atoms with E-state index in [1.807, 2.05) is 44.2 Å². The molecule has 5 rings (SSSR count). The Kier molecular flexibility index (Phi) is 10.1. The lowest BCUT2D eigenvalue weighted by atomic mass is 9.71. The Balaban J connectivity index is 1.24. The molecule has 2 aromatic carbocycles. The van der Waals surface area contributed by atoms with Crippen molar-refractivity contribution in [1.29, 1.82) is 0 Å². The lowest BCUT2D eigenvalue weighted by Crippen LogP contribution is -2.53. The van der Waals surface area contributed by atoms with E-state index < -0.39 is 0 Å². The fourth-order valence-electron chi connectivity index (χ4n) is 7.20. The summed E-state index contributed by atoms with van der Waals surface area (Å²) in [5, 5.41) is 0.781. The minimum Gasteiger partial charge on any atom is -0.491 e. The molecule has 1 atom stereocenters. The van der Waals surface area contributed by atoms with Crippen LogP contribution in [0.2, 0.25) is 5.02 Å². The maximum Gasteiger partial charge on any atom is 0.227 e. The highest BCUT2D eigenvalue weighted by molar-refractivity contribution is 6.30. The maximum atomic E-state index is 13.6. The van der Waals surface area contributed by atoms with E-state index in [1.165, 1.54) is 50.8 Å². The van der Waals surface area contributed by atoms with Crippen LogP contribution in [-0.2, 0) is 16.6 Å². The average Bonchev–Trinajstić information content (AvgIpc) is 2.97. The van der Waals surface area contributed by atoms with Gasteiger partial charge in [-0.25, -0.2) is 0 Å². The first-order valence-electron chi connectivity index (χ1n) is 15.7. The van der Waals surface area contributed by atoms with E-state index in [2.05, 4.69) is 32.9 Å². The number of benzene rings is 2. The van der Waals surface area contributed by atoms with Crippen LogP contribution in [0.3, 0.4) is 0 Å². The van der Waals surface area contributed by atoms with Gasteiger partial charge in [0.2, 0.25) is 5.91 Å². The quantitative estimate of drug-likeness (QED) is 0.344. The largest absolute Gasteiger partial charge is 0.491 e. The summed E-state index contributed by atoms with van der Waals surface area (Å²) in [6.45, 7) is 11.4. The Morgan fingerprint density at radius 1 is 0.975 bits per heavy atom. The van der Waals surface area contributed by atoms with Crippen molar-refractivity contribution in [3.63, 3.8) is 0 Å². The van der Waals surface area contributed by atoms with Gasteiger partial charge in [-0.3, -0.25) is 9.69 Å². The van der Waals surface area contributed by atoms with Gasteiger partial charge in [0.15, 0.2) is 0 Å². The monoisotopic (exact) mass is 565 g/mol. The highest BCUT2D eigenvalue weighted by Crippen LogP contribution is 2.39. The molecule has 0 N–H and O–H groups in total. The zero-order chi connectivity index (χ0) is 28.0. The summed E-state index contributed by atoms with van der Waals surface area (Å²) in [5.74, 6) is 1.03. The van der Waals surface area contributed by atoms with Crippen molar-refractivity contribution >= 4 is 17.5 Å². The minimum atomic E-state index is -0.0675. The number of piperidine rings is 1. The van der Waals surface area contributed by atoms with Crippen LogP contribution < -0.4 is 4.74 Å². The molecule has 2 saturated heterocycles. The van der Waals surface area contributed by atoms with E-state index in [1.54, 1.807) is 0 Å². The minimum absolute atomic E-state index is 0.0675. The van der Waals surface area contributed by atoms with Gasteiger partial charge in [0.05, 0.1) is 12.5 Å². The SMILES string of the molecule is CC(C)Oc1cccc(CC(=O)N2CCC[C@](CCN3CCN(C4CCCCC4)CC3)(c3cccc(Cl)c3)C2)c1. The molecular formula is C34H48ClN3O2. The molecule has 6 heteroatoms. The second-order valence-corrected chi connectivity index (χ2v) is 13.1. The number of piperazine rings is 1. The number of rotatable bonds is 9. The fourth-order valence-corrected chi connectivity index (χ4v) is 7.40. The van der Waals surface area contributed by atoms with Gasteiger partial charge in [0, 0.05) is 55.7 Å². The molecule has 1 saturated carbocycles. The second-order valence-electron chi connectivity index (χ2n) is 12.6. The highest BCUT2D eigenvalue weighted by Gasteiger charge is 2.39. The van der Waals surface area contributed by atoms with Crippen molar-refractivity contribution in [2.45, 2.75) is 89.2 Å². The number of likely N-dealkylation sites (tertiary alicyclic amines) is 1. The number of amides is 1. The molecule has 2 heterocycles. The van der Waals surface area contributed by atoms with E-state index >= 15 is 0 Å². The number of nitrogens with zero attached hydrogens (tertiary/aromatic N) is 3. The predicted octanol–water partition coefficient (Wildman–Crippen LogP) is 6.57. The molecule has 0 radical (unpaired) electrons. The first-order chi connectivity index (χ1) is 19.4. The van der Waals surface area contributed by atoms with Gasteiger partial charge in [-0.1, -0.05) is 55.1 Å². The Hall–Kier alpha value is -2.08. The van der Waals surface area contributed by atoms with Gasteiger partial charge in [0.25, 0.3) is 0 Å². The number of hydrogen-bond acceptors (Lipinski definition) is 4. The lowest BCUT2D eigenvalue weighted by Gasteiger charge is -2.46. The normalized spacial score (nSPS) is 23.4. The molecule has 1 aliphatic carbocycles. The summed E-state index contributed by atoms with van der Waals surface area (Å²) >= 11 is 6.51. The van der Waals surface area contributed by atoms with Crippen molar-refractivity contribution in [2.24, 2.45) is 0 Å². The summed E-state index contributed by atoms with van der Waals surface area (Å²) in [5.41, 5.74) is 2.23. The Labute approximate surface area is 246 Å². The van der Waals surface area contributed by atoms with E-state index in [-0.39, 0.29) is 17.4 Å². The van der Waals surface area contributed by atoms with Crippen LogP contribution in [0.5, 0.6) is 5.75 Å². The third-order valence-electron chi connectivity index (χ3n) is 9.40. The molecule has 2 aliphatic heterocycles. The molecule has 40 heavy (non-hydrogen) atoms. The molecule has 5 nitrogen and oxygen atoms in total. The molecule has 2 aromatic rings. The fraction of sp³-hybridized carbons (Fsp3) is 0.618. The Morgan fingerprint density at radius 3 is 2.50 bits per heavy atom. The summed E-state index contributed by atoms with van der Waals surface area (Å²) in [6, 6.07) is 17.2. The van der Waals surface area contributed by atoms with Crippen molar-refractivity contribution in [3.8, 4) is 5.75 Å². The highest BCUT2D eigenvalue weighted by atomic mass is 35.5. The van der Waals surface area contributed by atoms with Crippen LogP contribution in [0.4, 0.5) is 0 Å². The third kappa shape index (κ3) is 7.60. The molecule has 3 fully saturated rings. The molecule has 1 amide bonds. The van der Waals surface area contributed by atoms with Gasteiger partial charge >= 0.3 is 0 Å². The summed E-state index contributed by atoms with van der Waals surface area (Å²) in [6.07, 6.45) is 10.7. The number of carbonyl (C=O) groups excluding carboxylic acids is 1. The van der Waals surface area contributed by atoms with Crippen molar-refractivity contribution < 1.29 is 9.53 Å². The standard InChI is InChI=1S/C34H48ClN3O2/c1-27(2)40-32-14-6-9-28(23-32)24-33(39)38-17-8-15-34(26-38,29-10-7-11-30(35)25-29)16-18-36-19-21-37(22-20-36)31-12-4-3-5-13-31/h6-7,9-11,14,23,25,27,31H,3-5,8,12-13,15-22,24,26H2,1-2H3/t34-/m1/s1. The first-order valence-corrected chi connectivity index (χ1v) is 16.0.